The Kier molecular flexibility index (Phi) is 11.4. The molecule has 2 aromatic rings. The van der Waals surface area contributed by atoms with E-state index >= 15 is 0 Å². The summed E-state index contributed by atoms with van der Waals surface area (Å²) >= 11 is 0. The summed E-state index contributed by atoms with van der Waals surface area (Å²) in [6.07, 6.45) is 8.69. The highest BCUT2D eigenvalue weighted by molar-refractivity contribution is 5.85. The normalized spacial score (nSPS) is 10.8. The SMILES string of the molecule is C=CCN(CC(=O)N(Cc1ccc(F)cc1)Cc1ccc(C)o1)C(=O)CCCCCCCC. The molecule has 5 nitrogen and oxygen atoms in total. The van der Waals surface area contributed by atoms with Gasteiger partial charge < -0.3 is 14.2 Å². The van der Waals surface area contributed by atoms with Gasteiger partial charge in [-0.2, -0.15) is 0 Å². The first-order chi connectivity index (χ1) is 15.9. The summed E-state index contributed by atoms with van der Waals surface area (Å²) < 4.78 is 19.0. The predicted molar refractivity (Wildman–Crippen MR) is 129 cm³/mol. The van der Waals surface area contributed by atoms with Crippen LogP contribution in [0.5, 0.6) is 0 Å². The standard InChI is InChI=1S/C27H37FN2O3/c1-4-6-7-8-9-10-11-26(31)29(18-5-2)21-27(32)30(20-25-17-12-22(3)33-25)19-23-13-15-24(28)16-14-23/h5,12-17H,2,4,6-11,18-21H2,1,3H3. The highest BCUT2D eigenvalue weighted by Crippen LogP contribution is 2.15. The van der Waals surface area contributed by atoms with Crippen LogP contribution < -0.4 is 0 Å². The lowest BCUT2D eigenvalue weighted by atomic mass is 10.1. The Morgan fingerprint density at radius 1 is 0.939 bits per heavy atom. The molecule has 2 rings (SSSR count). The van der Waals surface area contributed by atoms with Crippen molar-refractivity contribution in [2.45, 2.75) is 71.9 Å². The van der Waals surface area contributed by atoms with Gasteiger partial charge in [-0.15, -0.1) is 6.58 Å². The third-order valence-corrected chi connectivity index (χ3v) is 5.55. The predicted octanol–water partition coefficient (Wildman–Crippen LogP) is 6.02. The monoisotopic (exact) mass is 456 g/mol. The second kappa shape index (κ2) is 14.3. The molecule has 0 saturated heterocycles. The fourth-order valence-electron chi connectivity index (χ4n) is 3.69. The molecular weight excluding hydrogens is 419 g/mol. The molecule has 0 aliphatic carbocycles. The molecule has 6 heteroatoms. The van der Waals surface area contributed by atoms with Crippen molar-refractivity contribution in [3.05, 3.63) is 72.0 Å². The number of carbonyl (C=O) groups is 2. The smallest absolute Gasteiger partial charge is 0.242 e. The van der Waals surface area contributed by atoms with Crippen LogP contribution in [0.25, 0.3) is 0 Å². The van der Waals surface area contributed by atoms with Gasteiger partial charge in [0.2, 0.25) is 11.8 Å². The number of carbonyl (C=O) groups excluding carboxylic acids is 2. The van der Waals surface area contributed by atoms with Gasteiger partial charge in [0.25, 0.3) is 0 Å². The van der Waals surface area contributed by atoms with Crippen LogP contribution in [0.15, 0.2) is 53.5 Å². The third kappa shape index (κ3) is 9.64. The molecule has 1 heterocycles. The van der Waals surface area contributed by atoms with Gasteiger partial charge in [-0.1, -0.05) is 57.2 Å². The molecular formula is C27H37FN2O3. The molecule has 0 radical (unpaired) electrons. The minimum Gasteiger partial charge on any atom is -0.464 e. The number of nitrogens with zero attached hydrogens (tertiary/aromatic N) is 2. The zero-order valence-corrected chi connectivity index (χ0v) is 20.0. The number of amides is 2. The zero-order chi connectivity index (χ0) is 24.1. The summed E-state index contributed by atoms with van der Waals surface area (Å²) in [5.74, 6) is 0.884. The molecule has 0 spiro atoms. The van der Waals surface area contributed by atoms with Crippen molar-refractivity contribution >= 4 is 11.8 Å². The molecule has 180 valence electrons. The number of aryl methyl sites for hydroxylation is 1. The third-order valence-electron chi connectivity index (χ3n) is 5.55. The highest BCUT2D eigenvalue weighted by atomic mass is 19.1. The molecule has 2 amide bonds. The fraction of sp³-hybridized carbons (Fsp3) is 0.481. The lowest BCUT2D eigenvalue weighted by Gasteiger charge is -2.27. The van der Waals surface area contributed by atoms with Gasteiger partial charge in [0.15, 0.2) is 0 Å². The van der Waals surface area contributed by atoms with Gasteiger partial charge >= 0.3 is 0 Å². The van der Waals surface area contributed by atoms with Crippen molar-refractivity contribution in [2.24, 2.45) is 0 Å². The van der Waals surface area contributed by atoms with Gasteiger partial charge in [0, 0.05) is 19.5 Å². The maximum Gasteiger partial charge on any atom is 0.242 e. The van der Waals surface area contributed by atoms with Crippen LogP contribution in [-0.4, -0.2) is 34.7 Å². The number of rotatable bonds is 15. The van der Waals surface area contributed by atoms with Crippen LogP contribution >= 0.6 is 0 Å². The van der Waals surface area contributed by atoms with E-state index in [0.717, 1.165) is 30.6 Å². The number of unbranched alkanes of at least 4 members (excludes halogenated alkanes) is 5. The van der Waals surface area contributed by atoms with Crippen molar-refractivity contribution in [1.82, 2.24) is 9.80 Å². The number of benzene rings is 1. The Hall–Kier alpha value is -2.89. The van der Waals surface area contributed by atoms with Crippen LogP contribution in [0.3, 0.4) is 0 Å². The fourth-order valence-corrected chi connectivity index (χ4v) is 3.69. The van der Waals surface area contributed by atoms with Crippen LogP contribution in [0.1, 0.15) is 69.0 Å². The van der Waals surface area contributed by atoms with Crippen LogP contribution in [0.4, 0.5) is 4.39 Å². The molecule has 1 aromatic heterocycles. The van der Waals surface area contributed by atoms with E-state index in [4.69, 9.17) is 4.42 Å². The maximum absolute atomic E-state index is 13.3. The van der Waals surface area contributed by atoms with Crippen molar-refractivity contribution in [1.29, 1.82) is 0 Å². The van der Waals surface area contributed by atoms with Crippen molar-refractivity contribution in [3.8, 4) is 0 Å². The van der Waals surface area contributed by atoms with Crippen LogP contribution in [0, 0.1) is 12.7 Å². The molecule has 0 N–H and O–H groups in total. The lowest BCUT2D eigenvalue weighted by molar-refractivity contribution is -0.141. The number of halogens is 1. The topological polar surface area (TPSA) is 53.8 Å². The van der Waals surface area contributed by atoms with E-state index in [1.807, 2.05) is 19.1 Å². The molecule has 0 aliphatic heterocycles. The summed E-state index contributed by atoms with van der Waals surface area (Å²) in [5.41, 5.74) is 0.807. The summed E-state index contributed by atoms with van der Waals surface area (Å²) in [6.45, 7) is 8.64. The van der Waals surface area contributed by atoms with Gasteiger partial charge in [0.05, 0.1) is 6.54 Å². The van der Waals surface area contributed by atoms with Crippen molar-refractivity contribution < 1.29 is 18.4 Å². The Bertz CT molecular complexity index is 876. The quantitative estimate of drug-likeness (QED) is 0.243. The first-order valence-corrected chi connectivity index (χ1v) is 11.9. The minimum absolute atomic E-state index is 0.0262. The molecule has 0 atom stereocenters. The molecule has 0 bridgehead atoms. The van der Waals surface area contributed by atoms with Crippen LogP contribution in [0.2, 0.25) is 0 Å². The average molecular weight is 457 g/mol. The Morgan fingerprint density at radius 3 is 2.27 bits per heavy atom. The molecule has 0 fully saturated rings. The molecule has 33 heavy (non-hydrogen) atoms. The lowest BCUT2D eigenvalue weighted by Crippen LogP contribution is -2.42. The summed E-state index contributed by atoms with van der Waals surface area (Å²) in [5, 5.41) is 0. The van der Waals surface area contributed by atoms with E-state index in [9.17, 15) is 14.0 Å². The Labute approximate surface area is 197 Å². The van der Waals surface area contributed by atoms with E-state index in [0.29, 0.717) is 25.3 Å². The van der Waals surface area contributed by atoms with Crippen molar-refractivity contribution in [3.63, 3.8) is 0 Å². The van der Waals surface area contributed by atoms with Gasteiger partial charge in [-0.25, -0.2) is 4.39 Å². The molecule has 0 saturated carbocycles. The molecule has 0 unspecified atom stereocenters. The summed E-state index contributed by atoms with van der Waals surface area (Å²) in [6, 6.07) is 9.77. The largest absolute Gasteiger partial charge is 0.464 e. The van der Waals surface area contributed by atoms with Gasteiger partial charge in [-0.05, 0) is 43.2 Å². The minimum atomic E-state index is -0.323. The second-order valence-corrected chi connectivity index (χ2v) is 8.47. The first-order valence-electron chi connectivity index (χ1n) is 11.9. The van der Waals surface area contributed by atoms with Crippen molar-refractivity contribution in [2.75, 3.05) is 13.1 Å². The first kappa shape index (κ1) is 26.4. The van der Waals surface area contributed by atoms with E-state index in [1.54, 1.807) is 28.0 Å². The number of furan rings is 1. The Morgan fingerprint density at radius 2 is 1.64 bits per heavy atom. The second-order valence-electron chi connectivity index (χ2n) is 8.47. The van der Waals surface area contributed by atoms with Gasteiger partial charge in [-0.3, -0.25) is 9.59 Å². The average Bonchev–Trinajstić information content (AvgIpc) is 3.21. The molecule has 0 aliphatic rings. The van der Waals surface area contributed by atoms with Crippen LogP contribution in [-0.2, 0) is 22.7 Å². The summed E-state index contributed by atoms with van der Waals surface area (Å²) in [7, 11) is 0. The van der Waals surface area contributed by atoms with E-state index in [-0.39, 0.29) is 30.7 Å². The number of hydrogen-bond donors (Lipinski definition) is 0. The van der Waals surface area contributed by atoms with E-state index < -0.39 is 0 Å². The van der Waals surface area contributed by atoms with E-state index in [1.165, 1.54) is 31.4 Å². The van der Waals surface area contributed by atoms with E-state index in [2.05, 4.69) is 13.5 Å². The number of hydrogen-bond acceptors (Lipinski definition) is 3. The molecule has 1 aromatic carbocycles. The van der Waals surface area contributed by atoms with Gasteiger partial charge in [0.1, 0.15) is 23.9 Å². The summed E-state index contributed by atoms with van der Waals surface area (Å²) in [4.78, 5) is 29.2. The maximum atomic E-state index is 13.3. The highest BCUT2D eigenvalue weighted by Gasteiger charge is 2.22. The Balaban J connectivity index is 2.02. The zero-order valence-electron chi connectivity index (χ0n) is 20.0.